The number of rotatable bonds is 22. The molecule has 72 heavy (non-hydrogen) atoms. The smallest absolute Gasteiger partial charge is 0.246 e. The first kappa shape index (κ1) is 52.2. The van der Waals surface area contributed by atoms with E-state index in [1.54, 1.807) is 65.9 Å². The maximum atomic E-state index is 14.2. The highest BCUT2D eigenvalue weighted by molar-refractivity contribution is 7.22. The van der Waals surface area contributed by atoms with Crippen molar-refractivity contribution >= 4 is 56.3 Å². The molecule has 3 heterocycles. The summed E-state index contributed by atoms with van der Waals surface area (Å²) in [6.45, 7) is 11.9. The molecule has 13 nitrogen and oxygen atoms in total. The van der Waals surface area contributed by atoms with Gasteiger partial charge < -0.3 is 35.6 Å². The number of nitrogens with one attached hydrogen (secondary N) is 2. The minimum absolute atomic E-state index is 0.0219. The number of hydrogen-bond acceptors (Lipinski definition) is 12. The summed E-state index contributed by atoms with van der Waals surface area (Å²) in [6.07, 6.45) is 6.60. The number of thiazole rings is 1. The fraction of sp³-hybridized carbons (Fsp3) is 0.421. The van der Waals surface area contributed by atoms with Crippen LogP contribution in [0.5, 0.6) is 17.2 Å². The number of carbonyl (C=O) groups is 4. The zero-order valence-electron chi connectivity index (χ0n) is 41.9. The number of aromatic nitrogens is 1. The molecule has 380 valence electrons. The molecule has 1 saturated heterocycles. The van der Waals surface area contributed by atoms with Gasteiger partial charge in [0.15, 0.2) is 5.78 Å². The van der Waals surface area contributed by atoms with Crippen LogP contribution in [-0.2, 0) is 14.4 Å². The molecule has 15 heteroatoms. The third-order valence-electron chi connectivity index (χ3n) is 13.8. The van der Waals surface area contributed by atoms with E-state index in [4.69, 9.17) is 4.74 Å². The summed E-state index contributed by atoms with van der Waals surface area (Å²) < 4.78 is 6.97. The van der Waals surface area contributed by atoms with Crippen LogP contribution in [0.2, 0.25) is 0 Å². The summed E-state index contributed by atoms with van der Waals surface area (Å²) in [7, 11) is 0. The molecule has 1 aliphatic carbocycles. The second kappa shape index (κ2) is 23.2. The number of amides is 3. The number of nitrogens with zero attached hydrogens (tertiary/aromatic N) is 3. The van der Waals surface area contributed by atoms with Gasteiger partial charge in [0, 0.05) is 58.1 Å². The lowest BCUT2D eigenvalue weighted by Gasteiger charge is -2.35. The first-order valence-electron chi connectivity index (χ1n) is 25.2. The summed E-state index contributed by atoms with van der Waals surface area (Å²) in [5.74, 6) is -0.0673. The first-order chi connectivity index (χ1) is 34.5. The molecule has 2 aliphatic rings. The van der Waals surface area contributed by atoms with E-state index in [1.807, 2.05) is 76.5 Å². The molecule has 4 aromatic carbocycles. The van der Waals surface area contributed by atoms with Crippen molar-refractivity contribution in [3.8, 4) is 38.1 Å². The fourth-order valence-corrected chi connectivity index (χ4v) is 11.6. The molecule has 5 N–H and O–H groups in total. The quantitative estimate of drug-likeness (QED) is 0.0324. The maximum absolute atomic E-state index is 14.2. The van der Waals surface area contributed by atoms with Gasteiger partial charge in [-0.2, -0.15) is 0 Å². The van der Waals surface area contributed by atoms with Gasteiger partial charge in [0.1, 0.15) is 35.9 Å². The normalized spacial score (nSPS) is 16.7. The third kappa shape index (κ3) is 12.9. The van der Waals surface area contributed by atoms with Crippen LogP contribution < -0.4 is 15.4 Å². The van der Waals surface area contributed by atoms with Crippen LogP contribution in [0.4, 0.5) is 0 Å². The number of fused-ring (bicyclic) bond motifs is 1. The van der Waals surface area contributed by atoms with E-state index >= 15 is 0 Å². The van der Waals surface area contributed by atoms with Gasteiger partial charge in [0.25, 0.3) is 0 Å². The van der Waals surface area contributed by atoms with Crippen LogP contribution in [-0.4, -0.2) is 104 Å². The highest BCUT2D eigenvalue weighted by Gasteiger charge is 2.44. The Kier molecular flexibility index (Phi) is 16.8. The second-order valence-corrected chi connectivity index (χ2v) is 22.3. The summed E-state index contributed by atoms with van der Waals surface area (Å²) in [4.78, 5) is 65.4. The molecule has 1 aliphatic heterocycles. The van der Waals surface area contributed by atoms with Crippen LogP contribution in [0, 0.1) is 12.3 Å². The lowest BCUT2D eigenvalue weighted by molar-refractivity contribution is -0.144. The van der Waals surface area contributed by atoms with Crippen molar-refractivity contribution in [3.05, 3.63) is 119 Å². The number of ketones is 1. The number of aliphatic hydroxyl groups is 1. The molecular weight excluding hydrogens is 947 g/mol. The van der Waals surface area contributed by atoms with Gasteiger partial charge in [-0.25, -0.2) is 4.98 Å². The largest absolute Gasteiger partial charge is 0.508 e. The average molecular weight is 1010 g/mol. The Morgan fingerprint density at radius 1 is 0.833 bits per heavy atom. The van der Waals surface area contributed by atoms with Crippen molar-refractivity contribution in [1.29, 1.82) is 0 Å². The number of aryl methyl sites for hydroxylation is 1. The summed E-state index contributed by atoms with van der Waals surface area (Å²) in [5, 5.41) is 37.5. The molecule has 0 radical (unpaired) electrons. The summed E-state index contributed by atoms with van der Waals surface area (Å²) in [6, 6.07) is 25.6. The topological polar surface area (TPSA) is 182 Å². The van der Waals surface area contributed by atoms with Crippen molar-refractivity contribution < 1.29 is 39.2 Å². The molecule has 2 aromatic heterocycles. The van der Waals surface area contributed by atoms with E-state index < -0.39 is 23.6 Å². The van der Waals surface area contributed by atoms with Gasteiger partial charge in [-0.15, -0.1) is 22.7 Å². The highest BCUT2D eigenvalue weighted by atomic mass is 32.1. The van der Waals surface area contributed by atoms with E-state index in [2.05, 4.69) is 20.5 Å². The maximum Gasteiger partial charge on any atom is 0.246 e. The van der Waals surface area contributed by atoms with Crippen molar-refractivity contribution in [3.63, 3.8) is 0 Å². The standard InChI is InChI=1S/C57H67N5O8S2/c1-35(37-12-14-39(15-13-37)52-36(2)58-34-71-52)59-55(68)47-31-44(65)33-62(47)56(69)54(57(3,4)5)60-49(66)11-9-7-6-8-10-28-61(41-20-21-41)29-30-70-45-25-18-38(19-26-45)51(67)50-46-27-24-43(64)32-48(46)72-53(50)40-16-22-42(63)23-17-40/h12-19,22-27,32,34-35,41,44,47,54,63-65H,6-11,20-21,28-31,33H2,1-5H3,(H,59,68)(H,60,66)/t35-,44-,47-,54+/m0/s1. The number of likely N-dealkylation sites (tertiary alicyclic amines) is 1. The van der Waals surface area contributed by atoms with E-state index in [0.29, 0.717) is 42.4 Å². The molecule has 0 unspecified atom stereocenters. The Morgan fingerprint density at radius 3 is 2.18 bits per heavy atom. The Labute approximate surface area is 430 Å². The van der Waals surface area contributed by atoms with Gasteiger partial charge in [-0.1, -0.05) is 64.3 Å². The van der Waals surface area contributed by atoms with E-state index in [0.717, 1.165) is 81.0 Å². The fourth-order valence-electron chi connectivity index (χ4n) is 9.55. The van der Waals surface area contributed by atoms with Crippen molar-refractivity contribution in [2.45, 2.75) is 123 Å². The lowest BCUT2D eigenvalue weighted by Crippen LogP contribution is -2.57. The summed E-state index contributed by atoms with van der Waals surface area (Å²) >= 11 is 3.01. The molecule has 2 fully saturated rings. The zero-order chi connectivity index (χ0) is 51.1. The molecule has 0 bridgehead atoms. The van der Waals surface area contributed by atoms with Crippen LogP contribution >= 0.6 is 22.7 Å². The number of aliphatic hydroxyl groups excluding tert-OH is 1. The number of phenols is 2. The number of unbranched alkanes of at least 4 members (excludes halogenated alkanes) is 4. The minimum Gasteiger partial charge on any atom is -0.508 e. The monoisotopic (exact) mass is 1010 g/mol. The molecule has 8 rings (SSSR count). The average Bonchev–Trinajstić information content (AvgIpc) is 3.82. The molecule has 0 spiro atoms. The van der Waals surface area contributed by atoms with Gasteiger partial charge in [-0.3, -0.25) is 24.1 Å². The number of benzene rings is 4. The molecule has 3 amide bonds. The van der Waals surface area contributed by atoms with E-state index in [9.17, 15) is 34.5 Å². The summed E-state index contributed by atoms with van der Waals surface area (Å²) in [5.41, 5.74) is 6.04. The van der Waals surface area contributed by atoms with E-state index in [1.165, 1.54) is 29.1 Å². The van der Waals surface area contributed by atoms with Gasteiger partial charge in [-0.05, 0) is 135 Å². The molecule has 4 atom stereocenters. The van der Waals surface area contributed by atoms with Crippen LogP contribution in [0.15, 0.2) is 96.5 Å². The predicted molar refractivity (Wildman–Crippen MR) is 285 cm³/mol. The predicted octanol–water partition coefficient (Wildman–Crippen LogP) is 10.2. The number of aromatic hydroxyl groups is 2. The minimum atomic E-state index is -0.867. The number of thiophene rings is 1. The van der Waals surface area contributed by atoms with Gasteiger partial charge in [0.05, 0.1) is 28.2 Å². The number of β-amino-alcohol motifs (C(OH)–C–C–N with tert-alkyl or cyclic N) is 1. The third-order valence-corrected chi connectivity index (χ3v) is 15.9. The first-order valence-corrected chi connectivity index (χ1v) is 26.9. The number of carbonyl (C=O) groups excluding carboxylic acids is 4. The van der Waals surface area contributed by atoms with Crippen LogP contribution in [0.1, 0.15) is 119 Å². The lowest BCUT2D eigenvalue weighted by atomic mass is 9.85. The molecule has 1 saturated carbocycles. The van der Waals surface area contributed by atoms with Crippen molar-refractivity contribution in [1.82, 2.24) is 25.4 Å². The zero-order valence-corrected chi connectivity index (χ0v) is 43.5. The molecular formula is C57H67N5O8S2. The Hall–Kier alpha value is -6.13. The number of hydrogen-bond donors (Lipinski definition) is 5. The SMILES string of the molecule is Cc1ncsc1-c1ccc([C@H](C)NC(=O)[C@@H]2C[C@H](O)CN2C(=O)[C@@H](NC(=O)CCCCCCCN(CCOc2ccc(C(=O)c3c(-c4ccc(O)cc4)sc4cc(O)ccc34)cc2)C2CC2)C(C)(C)C)cc1. The van der Waals surface area contributed by atoms with Gasteiger partial charge >= 0.3 is 0 Å². The number of ether oxygens (including phenoxy) is 1. The van der Waals surface area contributed by atoms with Crippen LogP contribution in [0.25, 0.3) is 31.0 Å². The van der Waals surface area contributed by atoms with Crippen LogP contribution in [0.3, 0.4) is 0 Å². The van der Waals surface area contributed by atoms with Crippen molar-refractivity contribution in [2.24, 2.45) is 5.41 Å². The van der Waals surface area contributed by atoms with E-state index in [-0.39, 0.29) is 54.0 Å². The molecule has 6 aromatic rings. The van der Waals surface area contributed by atoms with Crippen molar-refractivity contribution in [2.75, 3.05) is 26.2 Å². The second-order valence-electron chi connectivity index (χ2n) is 20.4. The number of phenolic OH excluding ortho intramolecular Hbond substituents is 2. The Balaban J connectivity index is 0.752. The Morgan fingerprint density at radius 2 is 1.50 bits per heavy atom. The highest BCUT2D eigenvalue weighted by Crippen LogP contribution is 2.42. The van der Waals surface area contributed by atoms with Gasteiger partial charge in [0.2, 0.25) is 17.7 Å². The Bertz CT molecular complexity index is 2830.